The summed E-state index contributed by atoms with van der Waals surface area (Å²) < 4.78 is 40.3. The zero-order valence-electron chi connectivity index (χ0n) is 15.1. The van der Waals surface area contributed by atoms with Crippen LogP contribution in [-0.4, -0.2) is 15.7 Å². The fraction of sp³-hybridized carbons (Fsp3) is 0.200. The Bertz CT molecular complexity index is 1010. The average Bonchev–Trinajstić information content (AvgIpc) is 2.89. The molecule has 0 unspecified atom stereocenters. The molecule has 0 saturated carbocycles. The number of alkyl halides is 3. The van der Waals surface area contributed by atoms with Crippen molar-refractivity contribution >= 4 is 23.2 Å². The molecule has 0 saturated heterocycles. The Morgan fingerprint density at radius 3 is 2.46 bits per heavy atom. The molecule has 1 N–H and O–H groups in total. The highest BCUT2D eigenvalue weighted by atomic mass is 35.5. The summed E-state index contributed by atoms with van der Waals surface area (Å²) in [6.07, 6.45) is -4.40. The quantitative estimate of drug-likeness (QED) is 0.623. The summed E-state index contributed by atoms with van der Waals surface area (Å²) in [7, 11) is 0. The van der Waals surface area contributed by atoms with Crippen LogP contribution in [0.2, 0.25) is 5.02 Å². The van der Waals surface area contributed by atoms with Crippen molar-refractivity contribution in [2.24, 2.45) is 0 Å². The number of aryl methyl sites for hydroxylation is 1. The maximum absolute atomic E-state index is 12.9. The van der Waals surface area contributed by atoms with Crippen molar-refractivity contribution in [3.63, 3.8) is 0 Å². The lowest BCUT2D eigenvalue weighted by Crippen LogP contribution is -2.13. The lowest BCUT2D eigenvalue weighted by molar-refractivity contribution is -0.137. The van der Waals surface area contributed by atoms with E-state index in [0.717, 1.165) is 12.1 Å². The van der Waals surface area contributed by atoms with Crippen molar-refractivity contribution in [3.05, 3.63) is 81.6 Å². The Kier molecular flexibility index (Phi) is 5.47. The highest BCUT2D eigenvalue weighted by Crippen LogP contribution is 2.30. The molecule has 8 heteroatoms. The number of benzene rings is 2. The molecule has 0 radical (unpaired) electrons. The highest BCUT2D eigenvalue weighted by molar-refractivity contribution is 6.30. The fourth-order valence-electron chi connectivity index (χ4n) is 2.84. The minimum absolute atomic E-state index is 0.160. The minimum Gasteiger partial charge on any atom is -0.319 e. The van der Waals surface area contributed by atoms with Crippen LogP contribution in [0.1, 0.15) is 32.9 Å². The molecule has 28 heavy (non-hydrogen) atoms. The van der Waals surface area contributed by atoms with E-state index in [-0.39, 0.29) is 12.5 Å². The first-order chi connectivity index (χ1) is 13.1. The number of amides is 1. The molecule has 1 aromatic heterocycles. The number of rotatable bonds is 4. The molecule has 0 spiro atoms. The number of halogens is 4. The molecule has 3 rings (SSSR count). The number of nitrogens with one attached hydrogen (secondary N) is 1. The SMILES string of the molecule is Cc1nn(Cc2cccc(C(F)(F)F)c2)c(C)c1NC(=O)c1ccc(Cl)cc1. The average molecular weight is 408 g/mol. The van der Waals surface area contributed by atoms with Crippen LogP contribution in [0, 0.1) is 13.8 Å². The minimum atomic E-state index is -4.40. The lowest BCUT2D eigenvalue weighted by Gasteiger charge is -2.10. The first-order valence-corrected chi connectivity index (χ1v) is 8.80. The van der Waals surface area contributed by atoms with Crippen LogP contribution in [0.25, 0.3) is 0 Å². The fourth-order valence-corrected chi connectivity index (χ4v) is 2.96. The monoisotopic (exact) mass is 407 g/mol. The number of aromatic nitrogens is 2. The van der Waals surface area contributed by atoms with Gasteiger partial charge >= 0.3 is 6.18 Å². The summed E-state index contributed by atoms with van der Waals surface area (Å²) in [5.41, 5.74) is 1.96. The molecule has 0 aliphatic heterocycles. The second-order valence-electron chi connectivity index (χ2n) is 6.36. The summed E-state index contributed by atoms with van der Waals surface area (Å²) in [5.74, 6) is -0.318. The van der Waals surface area contributed by atoms with E-state index < -0.39 is 11.7 Å². The van der Waals surface area contributed by atoms with Crippen molar-refractivity contribution in [3.8, 4) is 0 Å². The molecule has 0 aliphatic rings. The van der Waals surface area contributed by atoms with Crippen LogP contribution in [0.5, 0.6) is 0 Å². The molecule has 4 nitrogen and oxygen atoms in total. The van der Waals surface area contributed by atoms with Crippen LogP contribution >= 0.6 is 11.6 Å². The molecule has 3 aromatic rings. The normalized spacial score (nSPS) is 11.5. The molecule has 0 fully saturated rings. The third-order valence-electron chi connectivity index (χ3n) is 4.31. The van der Waals surface area contributed by atoms with E-state index in [1.807, 2.05) is 0 Å². The van der Waals surface area contributed by atoms with E-state index in [9.17, 15) is 18.0 Å². The number of carbonyl (C=O) groups is 1. The Morgan fingerprint density at radius 1 is 1.14 bits per heavy atom. The van der Waals surface area contributed by atoms with Crippen molar-refractivity contribution in [1.29, 1.82) is 0 Å². The Hall–Kier alpha value is -2.80. The summed E-state index contributed by atoms with van der Waals surface area (Å²) in [5, 5.41) is 7.69. The largest absolute Gasteiger partial charge is 0.416 e. The maximum Gasteiger partial charge on any atom is 0.416 e. The van der Waals surface area contributed by atoms with Crippen LogP contribution < -0.4 is 5.32 Å². The van der Waals surface area contributed by atoms with Crippen molar-refractivity contribution in [1.82, 2.24) is 9.78 Å². The van der Waals surface area contributed by atoms with E-state index in [0.29, 0.717) is 33.2 Å². The topological polar surface area (TPSA) is 46.9 Å². The van der Waals surface area contributed by atoms with Gasteiger partial charge in [0.05, 0.1) is 29.2 Å². The van der Waals surface area contributed by atoms with Gasteiger partial charge in [0.15, 0.2) is 0 Å². The third-order valence-corrected chi connectivity index (χ3v) is 4.57. The second kappa shape index (κ2) is 7.67. The molecule has 0 atom stereocenters. The van der Waals surface area contributed by atoms with Gasteiger partial charge in [-0.15, -0.1) is 0 Å². The van der Waals surface area contributed by atoms with Crippen LogP contribution in [0.3, 0.4) is 0 Å². The van der Waals surface area contributed by atoms with Crippen molar-refractivity contribution in [2.45, 2.75) is 26.6 Å². The molecule has 1 heterocycles. The first-order valence-electron chi connectivity index (χ1n) is 8.42. The van der Waals surface area contributed by atoms with Gasteiger partial charge < -0.3 is 5.32 Å². The Balaban J connectivity index is 1.82. The number of nitrogens with zero attached hydrogens (tertiary/aromatic N) is 2. The maximum atomic E-state index is 12.9. The Morgan fingerprint density at radius 2 is 1.82 bits per heavy atom. The zero-order chi connectivity index (χ0) is 20.5. The molecule has 1 amide bonds. The van der Waals surface area contributed by atoms with Gasteiger partial charge in [0.1, 0.15) is 0 Å². The van der Waals surface area contributed by atoms with Crippen molar-refractivity contribution in [2.75, 3.05) is 5.32 Å². The molecule has 0 bridgehead atoms. The number of anilines is 1. The highest BCUT2D eigenvalue weighted by Gasteiger charge is 2.30. The summed E-state index contributed by atoms with van der Waals surface area (Å²) in [6, 6.07) is 11.6. The predicted molar refractivity (Wildman–Crippen MR) is 102 cm³/mol. The van der Waals surface area contributed by atoms with Gasteiger partial charge in [-0.2, -0.15) is 18.3 Å². The van der Waals surface area contributed by atoms with Gasteiger partial charge in [-0.3, -0.25) is 9.48 Å². The van der Waals surface area contributed by atoms with Crippen LogP contribution in [-0.2, 0) is 12.7 Å². The Labute approximate surface area is 164 Å². The number of hydrogen-bond acceptors (Lipinski definition) is 2. The number of carbonyl (C=O) groups excluding carboxylic acids is 1. The third kappa shape index (κ3) is 4.36. The van der Waals surface area contributed by atoms with Gasteiger partial charge in [0.2, 0.25) is 0 Å². The van der Waals surface area contributed by atoms with Gasteiger partial charge in [-0.05, 0) is 55.8 Å². The van der Waals surface area contributed by atoms with E-state index in [1.165, 1.54) is 6.07 Å². The van der Waals surface area contributed by atoms with Gasteiger partial charge in [-0.25, -0.2) is 0 Å². The second-order valence-corrected chi connectivity index (χ2v) is 6.80. The van der Waals surface area contributed by atoms with Crippen LogP contribution in [0.15, 0.2) is 48.5 Å². The molecular weight excluding hydrogens is 391 g/mol. The zero-order valence-corrected chi connectivity index (χ0v) is 15.9. The van der Waals surface area contributed by atoms with E-state index >= 15 is 0 Å². The van der Waals surface area contributed by atoms with E-state index in [1.54, 1.807) is 48.9 Å². The number of hydrogen-bond donors (Lipinski definition) is 1. The van der Waals surface area contributed by atoms with Gasteiger partial charge in [0.25, 0.3) is 5.91 Å². The lowest BCUT2D eigenvalue weighted by atomic mass is 10.1. The van der Waals surface area contributed by atoms with Crippen molar-refractivity contribution < 1.29 is 18.0 Å². The summed E-state index contributed by atoms with van der Waals surface area (Å²) in [6.45, 7) is 3.64. The first kappa shape index (κ1) is 19.9. The molecule has 0 aliphatic carbocycles. The molecular formula is C20H17ClF3N3O. The molecule has 2 aromatic carbocycles. The van der Waals surface area contributed by atoms with E-state index in [4.69, 9.17) is 11.6 Å². The smallest absolute Gasteiger partial charge is 0.319 e. The van der Waals surface area contributed by atoms with Gasteiger partial charge in [0, 0.05) is 10.6 Å². The summed E-state index contributed by atoms with van der Waals surface area (Å²) >= 11 is 5.83. The standard InChI is InChI=1S/C20H17ClF3N3O/c1-12-18(25-19(28)15-6-8-17(21)9-7-15)13(2)27(26-12)11-14-4-3-5-16(10-14)20(22,23)24/h3-10H,11H2,1-2H3,(H,25,28). The van der Waals surface area contributed by atoms with E-state index in [2.05, 4.69) is 10.4 Å². The molecule has 146 valence electrons. The van der Waals surface area contributed by atoms with Gasteiger partial charge in [-0.1, -0.05) is 23.7 Å². The summed E-state index contributed by atoms with van der Waals surface area (Å²) in [4.78, 5) is 12.4. The predicted octanol–water partition coefficient (Wildman–Crippen LogP) is 5.47. The van der Waals surface area contributed by atoms with Crippen LogP contribution in [0.4, 0.5) is 18.9 Å².